The lowest BCUT2D eigenvalue weighted by atomic mass is 9.98. The number of urea groups is 1. The van der Waals surface area contributed by atoms with Crippen molar-refractivity contribution in [3.63, 3.8) is 0 Å². The van der Waals surface area contributed by atoms with E-state index in [0.29, 0.717) is 24.4 Å². The molecule has 9 heteroatoms. The fourth-order valence-electron chi connectivity index (χ4n) is 6.64. The molecule has 3 atom stereocenters. The summed E-state index contributed by atoms with van der Waals surface area (Å²) in [7, 11) is 2.12. The Morgan fingerprint density at radius 2 is 1.53 bits per heavy atom. The normalized spacial score (nSPS) is 16.7. The number of carbonyl (C=O) groups is 1. The molecule has 55 heavy (non-hydrogen) atoms. The van der Waals surface area contributed by atoms with Gasteiger partial charge >= 0.3 is 6.03 Å². The Kier molecular flexibility index (Phi) is 12.6. The number of carbonyl (C=O) groups excluding carboxylic acids is 1. The van der Waals surface area contributed by atoms with Crippen LogP contribution in [0.25, 0.3) is 11.1 Å². The number of para-hydroxylation sites is 1. The number of nitrogens with one attached hydrogen (secondary N) is 2. The molecule has 0 unspecified atom stereocenters. The number of pyridine rings is 1. The van der Waals surface area contributed by atoms with Gasteiger partial charge in [-0.1, -0.05) is 84.9 Å². The van der Waals surface area contributed by atoms with Gasteiger partial charge < -0.3 is 34.9 Å². The molecule has 9 nitrogen and oxygen atoms in total. The number of nitrogens with zero attached hydrogens (tertiary/aromatic N) is 2. The van der Waals surface area contributed by atoms with E-state index in [9.17, 15) is 9.90 Å². The van der Waals surface area contributed by atoms with Crippen molar-refractivity contribution in [3.05, 3.63) is 180 Å². The number of amides is 2. The van der Waals surface area contributed by atoms with Crippen molar-refractivity contribution in [2.45, 2.75) is 44.5 Å². The van der Waals surface area contributed by atoms with Crippen LogP contribution < -0.4 is 15.4 Å². The number of aliphatic hydroxyl groups is 1. The van der Waals surface area contributed by atoms with E-state index in [2.05, 4.69) is 57.9 Å². The lowest BCUT2D eigenvalue weighted by Gasteiger charge is -2.38. The summed E-state index contributed by atoms with van der Waals surface area (Å²) in [5.74, 6) is 1.44. The third kappa shape index (κ3) is 10.6. The number of hydrogen-bond donors (Lipinski definition) is 3. The van der Waals surface area contributed by atoms with E-state index in [4.69, 9.17) is 14.2 Å². The summed E-state index contributed by atoms with van der Waals surface area (Å²) >= 11 is 0. The van der Waals surface area contributed by atoms with Gasteiger partial charge in [0.1, 0.15) is 11.5 Å². The van der Waals surface area contributed by atoms with Gasteiger partial charge in [0.15, 0.2) is 6.29 Å². The Morgan fingerprint density at radius 3 is 2.29 bits per heavy atom. The number of aliphatic hydroxyl groups excluding tert-OH is 1. The molecule has 1 aliphatic heterocycles. The van der Waals surface area contributed by atoms with Crippen LogP contribution in [0.2, 0.25) is 0 Å². The summed E-state index contributed by atoms with van der Waals surface area (Å²) in [6, 6.07) is 46.9. The maximum atomic E-state index is 12.8. The molecule has 1 saturated heterocycles. The molecular formula is C46H46N4O5. The van der Waals surface area contributed by atoms with E-state index >= 15 is 0 Å². The molecule has 280 valence electrons. The Labute approximate surface area is 322 Å². The largest absolute Gasteiger partial charge is 0.457 e. The molecule has 2 amide bonds. The van der Waals surface area contributed by atoms with Crippen molar-refractivity contribution in [1.29, 1.82) is 0 Å². The Hall–Kier alpha value is -5.84. The van der Waals surface area contributed by atoms with E-state index in [0.717, 1.165) is 64.3 Å². The highest BCUT2D eigenvalue weighted by Gasteiger charge is 2.33. The van der Waals surface area contributed by atoms with Crippen LogP contribution in [0.5, 0.6) is 11.5 Å². The van der Waals surface area contributed by atoms with E-state index in [-0.39, 0.29) is 24.8 Å². The van der Waals surface area contributed by atoms with Crippen LogP contribution in [0.4, 0.5) is 10.5 Å². The molecular weight excluding hydrogens is 689 g/mol. The number of rotatable bonds is 14. The van der Waals surface area contributed by atoms with E-state index in [1.165, 1.54) is 0 Å². The highest BCUT2D eigenvalue weighted by atomic mass is 16.7. The van der Waals surface area contributed by atoms with Crippen LogP contribution in [-0.2, 0) is 29.0 Å². The standard InChI is InChI=1S/C46H46N4O5/c1-50(26-24-39-13-5-6-25-47-39)31-43-29-44(35-18-16-33(32-51)17-19-35)55-45(54-43)38-12-8-11-37(28-38)36-10-7-9-34(27-36)30-48-46(52)49-40-20-22-42(23-21-40)53-41-14-3-2-4-15-41/h2-23,25,27-28,43-45,51H,24,26,29-32H2,1H3,(H2,48,49,52)/t43-,44+,45+/m0/s1. The number of aromatic nitrogens is 1. The molecule has 1 aromatic heterocycles. The van der Waals surface area contributed by atoms with Crippen molar-refractivity contribution in [2.24, 2.45) is 0 Å². The number of anilines is 1. The number of benzene rings is 5. The summed E-state index contributed by atoms with van der Waals surface area (Å²) in [6.07, 6.45) is 2.58. The maximum Gasteiger partial charge on any atom is 0.319 e. The predicted octanol–water partition coefficient (Wildman–Crippen LogP) is 9.07. The van der Waals surface area contributed by atoms with Gasteiger partial charge in [-0.05, 0) is 95.5 Å². The van der Waals surface area contributed by atoms with Crippen molar-refractivity contribution < 1.29 is 24.1 Å². The highest BCUT2D eigenvalue weighted by Crippen LogP contribution is 2.39. The first-order valence-electron chi connectivity index (χ1n) is 18.6. The van der Waals surface area contributed by atoms with E-state index in [1.807, 2.05) is 121 Å². The zero-order valence-corrected chi connectivity index (χ0v) is 30.9. The van der Waals surface area contributed by atoms with Crippen molar-refractivity contribution in [3.8, 4) is 22.6 Å². The van der Waals surface area contributed by atoms with Crippen LogP contribution >= 0.6 is 0 Å². The van der Waals surface area contributed by atoms with Gasteiger partial charge in [0.05, 0.1) is 18.8 Å². The van der Waals surface area contributed by atoms with Crippen molar-refractivity contribution in [1.82, 2.24) is 15.2 Å². The van der Waals surface area contributed by atoms with Gasteiger partial charge in [-0.15, -0.1) is 0 Å². The summed E-state index contributed by atoms with van der Waals surface area (Å²) in [5.41, 5.74) is 7.59. The van der Waals surface area contributed by atoms with Gasteiger partial charge in [0.2, 0.25) is 0 Å². The maximum absolute atomic E-state index is 12.8. The topological polar surface area (TPSA) is 105 Å². The molecule has 0 aliphatic carbocycles. The predicted molar refractivity (Wildman–Crippen MR) is 215 cm³/mol. The van der Waals surface area contributed by atoms with E-state index < -0.39 is 6.29 Å². The van der Waals surface area contributed by atoms with Gasteiger partial charge in [-0.2, -0.15) is 0 Å². The van der Waals surface area contributed by atoms with Crippen LogP contribution in [0.1, 0.15) is 46.8 Å². The third-order valence-corrected chi connectivity index (χ3v) is 9.57. The second-order valence-corrected chi connectivity index (χ2v) is 13.8. The highest BCUT2D eigenvalue weighted by molar-refractivity contribution is 5.89. The quantitative estimate of drug-likeness (QED) is 0.103. The molecule has 5 aromatic carbocycles. The molecule has 0 bridgehead atoms. The SMILES string of the molecule is CN(CCc1ccccn1)C[C@@H]1C[C@H](c2ccc(CO)cc2)O[C@H](c2cccc(-c3cccc(CNC(=O)Nc4ccc(Oc5ccccc5)cc4)c3)c2)O1. The van der Waals surface area contributed by atoms with Crippen LogP contribution in [0.15, 0.2) is 152 Å². The minimum Gasteiger partial charge on any atom is -0.457 e. The van der Waals surface area contributed by atoms with Gasteiger partial charge in [0, 0.05) is 55.6 Å². The van der Waals surface area contributed by atoms with Gasteiger partial charge in [-0.25, -0.2) is 4.79 Å². The molecule has 2 heterocycles. The minimum atomic E-state index is -0.571. The number of ether oxygens (including phenoxy) is 3. The average molecular weight is 735 g/mol. The Bertz CT molecular complexity index is 2110. The smallest absolute Gasteiger partial charge is 0.319 e. The van der Waals surface area contributed by atoms with Crippen LogP contribution in [-0.4, -0.2) is 47.3 Å². The fraction of sp³-hybridized carbons (Fsp3) is 0.217. The van der Waals surface area contributed by atoms with Crippen molar-refractivity contribution in [2.75, 3.05) is 25.5 Å². The summed E-state index contributed by atoms with van der Waals surface area (Å²) in [5, 5.41) is 15.5. The number of hydrogen-bond acceptors (Lipinski definition) is 7. The lowest BCUT2D eigenvalue weighted by molar-refractivity contribution is -0.252. The molecule has 1 aliphatic rings. The Morgan fingerprint density at radius 1 is 0.782 bits per heavy atom. The first-order valence-corrected chi connectivity index (χ1v) is 18.6. The summed E-state index contributed by atoms with van der Waals surface area (Å²) in [4.78, 5) is 19.6. The summed E-state index contributed by atoms with van der Waals surface area (Å²) < 4.78 is 19.2. The molecule has 6 aromatic rings. The minimum absolute atomic E-state index is 0.00103. The molecule has 0 spiro atoms. The first kappa shape index (κ1) is 37.5. The number of likely N-dealkylation sites (N-methyl/N-ethyl adjacent to an activating group) is 1. The molecule has 1 fully saturated rings. The fourth-order valence-corrected chi connectivity index (χ4v) is 6.64. The Balaban J connectivity index is 0.993. The average Bonchev–Trinajstić information content (AvgIpc) is 3.24. The second-order valence-electron chi connectivity index (χ2n) is 13.8. The van der Waals surface area contributed by atoms with Crippen LogP contribution in [0.3, 0.4) is 0 Å². The third-order valence-electron chi connectivity index (χ3n) is 9.57. The van der Waals surface area contributed by atoms with Gasteiger partial charge in [-0.3, -0.25) is 4.98 Å². The molecule has 7 rings (SSSR count). The zero-order valence-electron chi connectivity index (χ0n) is 30.9. The molecule has 0 saturated carbocycles. The van der Waals surface area contributed by atoms with Crippen molar-refractivity contribution >= 4 is 11.7 Å². The zero-order chi connectivity index (χ0) is 37.8. The second kappa shape index (κ2) is 18.5. The molecule has 3 N–H and O–H groups in total. The monoisotopic (exact) mass is 734 g/mol. The lowest BCUT2D eigenvalue weighted by Crippen LogP contribution is -2.38. The summed E-state index contributed by atoms with van der Waals surface area (Å²) in [6.45, 7) is 1.96. The van der Waals surface area contributed by atoms with Crippen LogP contribution in [0, 0.1) is 0 Å². The first-order chi connectivity index (χ1) is 27.0. The van der Waals surface area contributed by atoms with E-state index in [1.54, 1.807) is 0 Å². The molecule has 0 radical (unpaired) electrons. The van der Waals surface area contributed by atoms with Gasteiger partial charge in [0.25, 0.3) is 0 Å².